The lowest BCUT2D eigenvalue weighted by molar-refractivity contribution is 0.177. The summed E-state index contributed by atoms with van der Waals surface area (Å²) in [6, 6.07) is -3.65. The number of aryl methyl sites for hydroxylation is 1. The predicted octanol–water partition coefficient (Wildman–Crippen LogP) is 1.92. The van der Waals surface area contributed by atoms with E-state index in [1.54, 1.807) is 0 Å². The summed E-state index contributed by atoms with van der Waals surface area (Å²) >= 11 is 0. The van der Waals surface area contributed by atoms with E-state index in [-0.39, 0.29) is 5.52 Å². The van der Waals surface area contributed by atoms with Crippen molar-refractivity contribution in [2.75, 3.05) is 27.1 Å². The van der Waals surface area contributed by atoms with Crippen LogP contribution < -0.4 is 5.32 Å². The number of benzene rings is 1. The number of aromatic nitrogens is 1. The highest BCUT2D eigenvalue weighted by atomic mass is 16.6. The number of ether oxygens (including phenoxy) is 1. The number of fused-ring (bicyclic) bond motifs is 1. The van der Waals surface area contributed by atoms with Crippen LogP contribution in [-0.2, 0) is 17.5 Å². The Kier molecular flexibility index (Phi) is 1.30. The summed E-state index contributed by atoms with van der Waals surface area (Å²) in [5, 5.41) is 1.64. The Morgan fingerprint density at radius 1 is 1.57 bits per heavy atom. The molecule has 0 saturated carbocycles. The standard InChI is InChI=1S/C16H21N3O2/c1-19(2)6-5-12-9-17-15-4-3-11(8-14(12)15)7-13-10-21-16(20)18-13/h3-4,8-9,13,17H,5-7,10H2,1-2H3,(H,18,20)/t13-/m0/s1/i1D3,2D3,3D,4D,5D2,6D2,7D2,8D. The molecule has 0 aliphatic carbocycles. The molecule has 112 valence electrons. The molecule has 0 spiro atoms. The first-order chi connectivity index (χ1) is 16.1. The number of alkyl carbamates (subject to hydrolysis) is 1. The maximum absolute atomic E-state index is 11.4. The lowest BCUT2D eigenvalue weighted by atomic mass is 10.0. The van der Waals surface area contributed by atoms with Crippen molar-refractivity contribution in [3.63, 3.8) is 0 Å². The maximum atomic E-state index is 11.4. The molecule has 1 aromatic heterocycles. The minimum atomic E-state index is -3.74. The molecule has 1 saturated heterocycles. The maximum Gasteiger partial charge on any atom is 0.407 e. The van der Waals surface area contributed by atoms with Gasteiger partial charge in [0.25, 0.3) is 0 Å². The molecule has 0 radical (unpaired) electrons. The highest BCUT2D eigenvalue weighted by Gasteiger charge is 2.22. The Morgan fingerprint density at radius 2 is 2.48 bits per heavy atom. The molecular formula is C16H21N3O2. The fourth-order valence-corrected chi connectivity index (χ4v) is 1.86. The fourth-order valence-electron chi connectivity index (χ4n) is 1.86. The van der Waals surface area contributed by atoms with Crippen molar-refractivity contribution in [1.82, 2.24) is 15.2 Å². The summed E-state index contributed by atoms with van der Waals surface area (Å²) in [7, 11) is 0. The van der Waals surface area contributed by atoms with Crippen molar-refractivity contribution in [3.8, 4) is 0 Å². The SMILES string of the molecule is [2H]c1c(C([2H])([2H])[C@H]2COC(=O)N2)c([2H])c2c(C([2H])([2H])C([2H])([2H])N(C([2H])([2H])[2H])C([2H])([2H])[2H])c[nH]c2c1[2H]. The molecule has 1 aliphatic rings. The van der Waals surface area contributed by atoms with Crippen LogP contribution in [-0.4, -0.2) is 49.1 Å². The minimum Gasteiger partial charge on any atom is -0.447 e. The molecule has 1 atom stereocenters. The molecule has 1 amide bonds. The molecule has 1 fully saturated rings. The van der Waals surface area contributed by atoms with Crippen molar-refractivity contribution in [2.24, 2.45) is 0 Å². The number of likely N-dealkylation sites (N-methyl/N-ethyl adjacent to an activating group) is 1. The molecule has 5 nitrogen and oxygen atoms in total. The topological polar surface area (TPSA) is 57.4 Å². The second-order valence-corrected chi connectivity index (χ2v) is 4.21. The van der Waals surface area contributed by atoms with E-state index in [1.807, 2.05) is 0 Å². The Hall–Kier alpha value is -2.01. The number of H-pyrrole nitrogens is 1. The largest absolute Gasteiger partial charge is 0.447 e. The van der Waals surface area contributed by atoms with Crippen LogP contribution in [0, 0.1) is 0 Å². The average Bonchev–Trinajstić information content (AvgIpc) is 3.30. The summed E-state index contributed by atoms with van der Waals surface area (Å²) < 4.78 is 125. The summed E-state index contributed by atoms with van der Waals surface area (Å²) in [4.78, 5) is 13.3. The van der Waals surface area contributed by atoms with E-state index in [0.29, 0.717) is 0 Å². The second kappa shape index (κ2) is 5.77. The van der Waals surface area contributed by atoms with Crippen molar-refractivity contribution >= 4 is 17.0 Å². The number of nitrogens with zero attached hydrogens (tertiary/aromatic N) is 1. The van der Waals surface area contributed by atoms with Crippen molar-refractivity contribution < 1.29 is 30.1 Å². The number of aromatic amines is 1. The molecule has 0 unspecified atom stereocenters. The van der Waals surface area contributed by atoms with E-state index >= 15 is 0 Å². The van der Waals surface area contributed by atoms with Crippen LogP contribution in [0.15, 0.2) is 24.3 Å². The van der Waals surface area contributed by atoms with Crippen LogP contribution in [0.4, 0.5) is 4.79 Å². The van der Waals surface area contributed by atoms with Crippen LogP contribution in [0.2, 0.25) is 0 Å². The monoisotopic (exact) mass is 302 g/mol. The molecule has 2 heterocycles. The van der Waals surface area contributed by atoms with Gasteiger partial charge < -0.3 is 19.9 Å². The Bertz CT molecular complexity index is 1190. The van der Waals surface area contributed by atoms with Crippen LogP contribution in [0.25, 0.3) is 10.9 Å². The summed E-state index contributed by atoms with van der Waals surface area (Å²) in [6.45, 7) is -11.4. The van der Waals surface area contributed by atoms with Gasteiger partial charge in [0.2, 0.25) is 0 Å². The van der Waals surface area contributed by atoms with Crippen LogP contribution in [0.1, 0.15) is 31.7 Å². The van der Waals surface area contributed by atoms with Gasteiger partial charge in [-0.15, -0.1) is 0 Å². The first-order valence-electron chi connectivity index (χ1n) is 13.4. The smallest absolute Gasteiger partial charge is 0.407 e. The molecule has 21 heavy (non-hydrogen) atoms. The first-order valence-corrected chi connectivity index (χ1v) is 5.93. The lowest BCUT2D eigenvalue weighted by Gasteiger charge is -2.09. The summed E-state index contributed by atoms with van der Waals surface area (Å²) in [5.41, 5.74) is -1.83. The number of nitrogens with one attached hydrogen (secondary N) is 2. The highest BCUT2D eigenvalue weighted by Crippen LogP contribution is 2.21. The fraction of sp³-hybridized carbons (Fsp3) is 0.438. The molecule has 2 N–H and O–H groups in total. The van der Waals surface area contributed by atoms with Gasteiger partial charge in [-0.2, -0.15) is 0 Å². The number of rotatable bonds is 5. The molecular weight excluding hydrogens is 266 g/mol. The van der Waals surface area contributed by atoms with E-state index in [0.717, 1.165) is 6.20 Å². The zero-order valence-corrected chi connectivity index (χ0v) is 10.6. The number of hydrogen-bond donors (Lipinski definition) is 2. The van der Waals surface area contributed by atoms with Gasteiger partial charge in [0.05, 0.1) is 10.2 Å². The van der Waals surface area contributed by atoms with Crippen molar-refractivity contribution in [3.05, 3.63) is 35.5 Å². The minimum absolute atomic E-state index is 0.347. The number of cyclic esters (lactones) is 1. The number of carbonyl (C=O) groups is 1. The molecule has 3 rings (SSSR count). The van der Waals surface area contributed by atoms with E-state index < -0.39 is 91.5 Å². The van der Waals surface area contributed by atoms with E-state index in [1.165, 1.54) is 0 Å². The Morgan fingerprint density at radius 3 is 3.24 bits per heavy atom. The molecule has 5 heteroatoms. The molecule has 1 aliphatic heterocycles. The van der Waals surface area contributed by atoms with Gasteiger partial charge in [-0.25, -0.2) is 4.79 Å². The van der Waals surface area contributed by atoms with Crippen LogP contribution in [0.3, 0.4) is 0 Å². The third kappa shape index (κ3) is 3.19. The van der Waals surface area contributed by atoms with Gasteiger partial charge in [-0.05, 0) is 49.9 Å². The zero-order valence-electron chi connectivity index (χ0n) is 25.6. The van der Waals surface area contributed by atoms with E-state index in [2.05, 4.69) is 15.0 Å². The summed E-state index contributed by atoms with van der Waals surface area (Å²) in [5.74, 6) is 0. The summed E-state index contributed by atoms with van der Waals surface area (Å²) in [6.07, 6.45) is -6.26. The quantitative estimate of drug-likeness (QED) is 0.887. The Balaban J connectivity index is 2.31. The van der Waals surface area contributed by atoms with Crippen LogP contribution >= 0.6 is 0 Å². The third-order valence-corrected chi connectivity index (χ3v) is 2.74. The van der Waals surface area contributed by atoms with Gasteiger partial charge in [0, 0.05) is 40.0 Å². The molecule has 1 aromatic carbocycles. The van der Waals surface area contributed by atoms with Gasteiger partial charge in [0.1, 0.15) is 6.61 Å². The number of hydrogen-bond acceptors (Lipinski definition) is 3. The third-order valence-electron chi connectivity index (χ3n) is 2.74. The predicted molar refractivity (Wildman–Crippen MR) is 82.5 cm³/mol. The second-order valence-electron chi connectivity index (χ2n) is 4.21. The van der Waals surface area contributed by atoms with Gasteiger partial charge in [-0.3, -0.25) is 0 Å². The molecule has 0 bridgehead atoms. The number of amides is 1. The zero-order chi connectivity index (χ0) is 27.8. The lowest BCUT2D eigenvalue weighted by Crippen LogP contribution is -2.28. The van der Waals surface area contributed by atoms with Gasteiger partial charge >= 0.3 is 6.09 Å². The Labute approximate surface area is 145 Å². The van der Waals surface area contributed by atoms with Gasteiger partial charge in [0.15, 0.2) is 0 Å². The van der Waals surface area contributed by atoms with Crippen LogP contribution in [0.5, 0.6) is 0 Å². The van der Waals surface area contributed by atoms with Crippen molar-refractivity contribution in [2.45, 2.75) is 18.8 Å². The average molecular weight is 302 g/mol. The highest BCUT2D eigenvalue weighted by molar-refractivity contribution is 5.84. The van der Waals surface area contributed by atoms with E-state index in [4.69, 9.17) is 20.6 Å². The first kappa shape index (κ1) is 4.74. The number of carbonyl (C=O) groups excluding carboxylic acids is 1. The van der Waals surface area contributed by atoms with E-state index in [9.17, 15) is 4.79 Å². The molecule has 2 aromatic rings. The van der Waals surface area contributed by atoms with Gasteiger partial charge in [-0.1, -0.05) is 6.04 Å². The normalized spacial score (nSPS) is 32.0. The van der Waals surface area contributed by atoms with Crippen molar-refractivity contribution in [1.29, 1.82) is 0 Å².